The second-order valence-electron chi connectivity index (χ2n) is 8.85. The summed E-state index contributed by atoms with van der Waals surface area (Å²) >= 11 is 5.37. The van der Waals surface area contributed by atoms with Gasteiger partial charge in [0.05, 0.1) is 17.6 Å². The first kappa shape index (κ1) is 25.4. The Morgan fingerprint density at radius 1 is 1.05 bits per heavy atom. The third kappa shape index (κ3) is 5.52. The van der Waals surface area contributed by atoms with Crippen molar-refractivity contribution in [1.82, 2.24) is 20.4 Å². The number of anilines is 1. The lowest BCUT2D eigenvalue weighted by Crippen LogP contribution is -2.24. The molecule has 4 aromatic rings. The average molecular weight is 537 g/mol. The van der Waals surface area contributed by atoms with Gasteiger partial charge in [-0.2, -0.15) is 5.10 Å². The van der Waals surface area contributed by atoms with E-state index in [4.69, 9.17) is 12.2 Å². The zero-order chi connectivity index (χ0) is 26.9. The zero-order valence-corrected chi connectivity index (χ0v) is 21.3. The van der Waals surface area contributed by atoms with Crippen LogP contribution in [-0.4, -0.2) is 32.7 Å². The molecule has 1 heterocycles. The minimum atomic E-state index is -4.74. The van der Waals surface area contributed by atoms with E-state index in [0.717, 1.165) is 51.3 Å². The summed E-state index contributed by atoms with van der Waals surface area (Å²) in [4.78, 5) is 0. The third-order valence-corrected chi connectivity index (χ3v) is 6.39. The van der Waals surface area contributed by atoms with Crippen molar-refractivity contribution in [2.45, 2.75) is 33.1 Å². The molecule has 38 heavy (non-hydrogen) atoms. The van der Waals surface area contributed by atoms with Gasteiger partial charge in [-0.25, -0.2) is 4.68 Å². The standard InChI is InChI=1S/C27H23F3N6OS/c1-16-4-3-5-17(2)24(16)32-26(38)34-31-15-18-6-12-22-19(14-18)7-13-23-25(22)33-35-36(23)20-8-10-21(11-9-20)37-27(28,29)30/h3-6,8-12,14-15H,7,13H2,1-2H3,(H2,32,34,38)/b31-15+. The number of ether oxygens (including phenoxy) is 1. The van der Waals surface area contributed by atoms with Gasteiger partial charge in [-0.15, -0.1) is 18.3 Å². The smallest absolute Gasteiger partial charge is 0.406 e. The number of benzene rings is 3. The Hall–Kier alpha value is -4.25. The van der Waals surface area contributed by atoms with Crippen LogP contribution < -0.4 is 15.5 Å². The Morgan fingerprint density at radius 2 is 1.79 bits per heavy atom. The van der Waals surface area contributed by atoms with E-state index in [9.17, 15) is 13.2 Å². The number of thiocarbonyl (C=S) groups is 1. The van der Waals surface area contributed by atoms with E-state index in [2.05, 4.69) is 30.9 Å². The summed E-state index contributed by atoms with van der Waals surface area (Å²) < 4.78 is 43.0. The number of aromatic nitrogens is 3. The van der Waals surface area contributed by atoms with Gasteiger partial charge in [0.1, 0.15) is 11.4 Å². The van der Waals surface area contributed by atoms with Gasteiger partial charge in [0.2, 0.25) is 0 Å². The highest BCUT2D eigenvalue weighted by atomic mass is 32.1. The number of hydrogen-bond donors (Lipinski definition) is 2. The summed E-state index contributed by atoms with van der Waals surface area (Å²) in [6.45, 7) is 4.03. The van der Waals surface area contributed by atoms with E-state index in [0.29, 0.717) is 17.2 Å². The monoisotopic (exact) mass is 536 g/mol. The van der Waals surface area contributed by atoms with Crippen LogP contribution in [0.3, 0.4) is 0 Å². The molecule has 0 saturated carbocycles. The molecule has 1 aliphatic carbocycles. The van der Waals surface area contributed by atoms with Crippen molar-refractivity contribution in [3.05, 3.63) is 88.6 Å². The molecule has 1 aromatic heterocycles. The summed E-state index contributed by atoms with van der Waals surface area (Å²) in [6.07, 6.45) is -1.60. The van der Waals surface area contributed by atoms with Gasteiger partial charge in [0.25, 0.3) is 0 Å². The van der Waals surface area contributed by atoms with Gasteiger partial charge in [0, 0.05) is 11.3 Å². The number of hydrogen-bond acceptors (Lipinski definition) is 5. The molecule has 0 radical (unpaired) electrons. The Bertz CT molecular complexity index is 1510. The minimum Gasteiger partial charge on any atom is -0.406 e. The van der Waals surface area contributed by atoms with E-state index in [1.807, 2.05) is 50.2 Å². The van der Waals surface area contributed by atoms with Gasteiger partial charge >= 0.3 is 6.36 Å². The number of nitrogens with one attached hydrogen (secondary N) is 2. The topological polar surface area (TPSA) is 76.4 Å². The van der Waals surface area contributed by atoms with Gasteiger partial charge in [-0.1, -0.05) is 35.5 Å². The number of aryl methyl sites for hydroxylation is 3. The summed E-state index contributed by atoms with van der Waals surface area (Å²) in [5.41, 5.74) is 11.2. The molecular formula is C27H23F3N6OS. The number of alkyl halides is 3. The second-order valence-corrected chi connectivity index (χ2v) is 9.25. The lowest BCUT2D eigenvalue weighted by molar-refractivity contribution is -0.274. The van der Waals surface area contributed by atoms with E-state index < -0.39 is 6.36 Å². The van der Waals surface area contributed by atoms with Crippen LogP contribution in [0.2, 0.25) is 0 Å². The summed E-state index contributed by atoms with van der Waals surface area (Å²) in [7, 11) is 0. The number of para-hydroxylation sites is 1. The largest absolute Gasteiger partial charge is 0.573 e. The van der Waals surface area contributed by atoms with Crippen LogP contribution in [0.1, 0.15) is 27.9 Å². The molecular weight excluding hydrogens is 513 g/mol. The molecule has 0 saturated heterocycles. The van der Waals surface area contributed by atoms with E-state index >= 15 is 0 Å². The fraction of sp³-hybridized carbons (Fsp3) is 0.185. The molecule has 194 valence electrons. The SMILES string of the molecule is Cc1cccc(C)c1NC(=S)N/N=C/c1ccc2c(c1)CCc1c-2nnn1-c1ccc(OC(F)(F)F)cc1. The minimum absolute atomic E-state index is 0.286. The molecule has 7 nitrogen and oxygen atoms in total. The van der Waals surface area contributed by atoms with Crippen molar-refractivity contribution in [3.8, 4) is 22.7 Å². The highest BCUT2D eigenvalue weighted by Crippen LogP contribution is 2.33. The normalized spacial score (nSPS) is 12.7. The fourth-order valence-corrected chi connectivity index (χ4v) is 4.59. The zero-order valence-electron chi connectivity index (χ0n) is 20.5. The van der Waals surface area contributed by atoms with Gasteiger partial charge in [-0.3, -0.25) is 5.43 Å². The number of hydrazone groups is 1. The van der Waals surface area contributed by atoms with Gasteiger partial charge < -0.3 is 10.1 Å². The molecule has 0 aliphatic heterocycles. The van der Waals surface area contributed by atoms with Crippen LogP contribution in [-0.2, 0) is 12.8 Å². The van der Waals surface area contributed by atoms with Crippen molar-refractivity contribution in [1.29, 1.82) is 0 Å². The van der Waals surface area contributed by atoms with Crippen molar-refractivity contribution < 1.29 is 17.9 Å². The summed E-state index contributed by atoms with van der Waals surface area (Å²) in [6, 6.07) is 17.6. The Morgan fingerprint density at radius 3 is 2.50 bits per heavy atom. The molecule has 2 N–H and O–H groups in total. The first-order chi connectivity index (χ1) is 18.2. The van der Waals surface area contributed by atoms with Crippen molar-refractivity contribution >= 4 is 29.2 Å². The molecule has 5 rings (SSSR count). The fourth-order valence-electron chi connectivity index (χ4n) is 4.43. The van der Waals surface area contributed by atoms with Crippen LogP contribution in [0.5, 0.6) is 5.75 Å². The highest BCUT2D eigenvalue weighted by molar-refractivity contribution is 7.80. The van der Waals surface area contributed by atoms with Crippen LogP contribution in [0.15, 0.2) is 65.8 Å². The van der Waals surface area contributed by atoms with Crippen LogP contribution in [0.4, 0.5) is 18.9 Å². The Labute approximate surface area is 222 Å². The molecule has 11 heteroatoms. The number of nitrogens with zero attached hydrogens (tertiary/aromatic N) is 4. The van der Waals surface area contributed by atoms with E-state index in [-0.39, 0.29) is 5.75 Å². The van der Waals surface area contributed by atoms with E-state index in [1.54, 1.807) is 10.9 Å². The lowest BCUT2D eigenvalue weighted by atomic mass is 9.91. The molecule has 0 unspecified atom stereocenters. The summed E-state index contributed by atoms with van der Waals surface area (Å²) in [5, 5.41) is 16.5. The van der Waals surface area contributed by atoms with Crippen molar-refractivity contribution in [2.24, 2.45) is 5.10 Å². The maximum atomic E-state index is 12.5. The molecule has 0 spiro atoms. The molecule has 3 aromatic carbocycles. The molecule has 1 aliphatic rings. The van der Waals surface area contributed by atoms with Gasteiger partial charge in [-0.05, 0) is 91.5 Å². The quantitative estimate of drug-likeness (QED) is 0.189. The van der Waals surface area contributed by atoms with E-state index in [1.165, 1.54) is 24.3 Å². The Kier molecular flexibility index (Phi) is 6.85. The average Bonchev–Trinajstić information content (AvgIpc) is 3.30. The van der Waals surface area contributed by atoms with Crippen molar-refractivity contribution in [3.63, 3.8) is 0 Å². The molecule has 0 atom stereocenters. The second kappa shape index (κ2) is 10.3. The first-order valence-corrected chi connectivity index (χ1v) is 12.2. The number of rotatable bonds is 5. The third-order valence-electron chi connectivity index (χ3n) is 6.19. The predicted octanol–water partition coefficient (Wildman–Crippen LogP) is 5.87. The highest BCUT2D eigenvalue weighted by Gasteiger charge is 2.31. The van der Waals surface area contributed by atoms with Gasteiger partial charge in [0.15, 0.2) is 5.11 Å². The molecule has 0 bridgehead atoms. The molecule has 0 amide bonds. The van der Waals surface area contributed by atoms with Crippen LogP contribution in [0.25, 0.3) is 16.9 Å². The number of fused-ring (bicyclic) bond motifs is 3. The number of halogens is 3. The van der Waals surface area contributed by atoms with Crippen LogP contribution in [0, 0.1) is 13.8 Å². The maximum Gasteiger partial charge on any atom is 0.573 e. The predicted molar refractivity (Wildman–Crippen MR) is 144 cm³/mol. The Balaban J connectivity index is 1.28. The lowest BCUT2D eigenvalue weighted by Gasteiger charge is -2.17. The summed E-state index contributed by atoms with van der Waals surface area (Å²) in [5.74, 6) is -0.286. The van der Waals surface area contributed by atoms with Crippen LogP contribution >= 0.6 is 12.2 Å². The van der Waals surface area contributed by atoms with Crippen molar-refractivity contribution in [2.75, 3.05) is 5.32 Å². The molecule has 0 fully saturated rings. The first-order valence-electron chi connectivity index (χ1n) is 11.8. The maximum absolute atomic E-state index is 12.5.